The van der Waals surface area contributed by atoms with Crippen molar-refractivity contribution in [2.24, 2.45) is 0 Å². The van der Waals surface area contributed by atoms with Gasteiger partial charge < -0.3 is 5.32 Å². The topological polar surface area (TPSA) is 29.1 Å². The van der Waals surface area contributed by atoms with E-state index in [1.54, 1.807) is 11.3 Å². The van der Waals surface area contributed by atoms with Gasteiger partial charge in [-0.05, 0) is 24.1 Å². The molecular formula is C16H21NOS. The van der Waals surface area contributed by atoms with Gasteiger partial charge in [0.05, 0.1) is 4.88 Å². The summed E-state index contributed by atoms with van der Waals surface area (Å²) in [6.45, 7) is 6.68. The first kappa shape index (κ1) is 15.4. The maximum Gasteiger partial charge on any atom is 0.261 e. The molecule has 2 rings (SSSR count). The lowest BCUT2D eigenvalue weighted by Gasteiger charge is -2.03. The first-order chi connectivity index (χ1) is 9.29. The Morgan fingerprint density at radius 1 is 1.11 bits per heavy atom. The van der Waals surface area contributed by atoms with Crippen LogP contribution in [0.1, 0.15) is 40.9 Å². The molecule has 0 saturated carbocycles. The van der Waals surface area contributed by atoms with Crippen LogP contribution in [0.4, 0.5) is 0 Å². The molecule has 3 heteroatoms. The summed E-state index contributed by atoms with van der Waals surface area (Å²) < 4.78 is 0. The minimum absolute atomic E-state index is 0.0125. The molecule has 0 aliphatic carbocycles. The van der Waals surface area contributed by atoms with Crippen LogP contribution in [0, 0.1) is 0 Å². The SMILES string of the molecule is CC.CCc1ccc(C(=O)NCc2ccccc2)s1. The van der Waals surface area contributed by atoms with E-state index in [0.717, 1.165) is 16.9 Å². The van der Waals surface area contributed by atoms with Crippen LogP contribution in [0.25, 0.3) is 0 Å². The van der Waals surface area contributed by atoms with Crippen LogP contribution in [-0.4, -0.2) is 5.91 Å². The lowest BCUT2D eigenvalue weighted by molar-refractivity contribution is 0.0955. The number of amides is 1. The third-order valence-corrected chi connectivity index (χ3v) is 3.76. The van der Waals surface area contributed by atoms with Crippen LogP contribution in [0.2, 0.25) is 0 Å². The van der Waals surface area contributed by atoms with Gasteiger partial charge in [0.2, 0.25) is 0 Å². The van der Waals surface area contributed by atoms with Crippen LogP contribution in [0.3, 0.4) is 0 Å². The highest BCUT2D eigenvalue weighted by Crippen LogP contribution is 2.16. The van der Waals surface area contributed by atoms with E-state index >= 15 is 0 Å². The number of rotatable bonds is 4. The third kappa shape index (κ3) is 4.87. The Labute approximate surface area is 119 Å². The molecule has 0 radical (unpaired) electrons. The highest BCUT2D eigenvalue weighted by molar-refractivity contribution is 7.14. The lowest BCUT2D eigenvalue weighted by atomic mass is 10.2. The quantitative estimate of drug-likeness (QED) is 0.887. The van der Waals surface area contributed by atoms with Gasteiger partial charge in [-0.25, -0.2) is 0 Å². The van der Waals surface area contributed by atoms with Gasteiger partial charge in [-0.15, -0.1) is 11.3 Å². The van der Waals surface area contributed by atoms with Gasteiger partial charge in [-0.2, -0.15) is 0 Å². The molecule has 1 aromatic carbocycles. The monoisotopic (exact) mass is 275 g/mol. The molecule has 0 aliphatic heterocycles. The van der Waals surface area contributed by atoms with Crippen molar-refractivity contribution in [2.45, 2.75) is 33.7 Å². The highest BCUT2D eigenvalue weighted by atomic mass is 32.1. The Morgan fingerprint density at radius 3 is 2.37 bits per heavy atom. The van der Waals surface area contributed by atoms with Crippen molar-refractivity contribution >= 4 is 17.2 Å². The lowest BCUT2D eigenvalue weighted by Crippen LogP contribution is -2.21. The number of hydrogen-bond donors (Lipinski definition) is 1. The van der Waals surface area contributed by atoms with Crippen molar-refractivity contribution in [3.8, 4) is 0 Å². The van der Waals surface area contributed by atoms with Crippen molar-refractivity contribution < 1.29 is 4.79 Å². The fourth-order valence-electron chi connectivity index (χ4n) is 1.56. The Morgan fingerprint density at radius 2 is 1.79 bits per heavy atom. The van der Waals surface area contributed by atoms with Crippen LogP contribution in [0.5, 0.6) is 0 Å². The number of hydrogen-bond acceptors (Lipinski definition) is 2. The Bertz CT molecular complexity index is 490. The average Bonchev–Trinajstić information content (AvgIpc) is 2.97. The number of thiophene rings is 1. The summed E-state index contributed by atoms with van der Waals surface area (Å²) in [6, 6.07) is 13.8. The number of nitrogens with one attached hydrogen (secondary N) is 1. The first-order valence-electron chi connectivity index (χ1n) is 6.70. The molecule has 1 aromatic heterocycles. The average molecular weight is 275 g/mol. The molecule has 1 amide bonds. The molecule has 0 spiro atoms. The molecule has 0 fully saturated rings. The molecular weight excluding hydrogens is 254 g/mol. The number of benzene rings is 1. The molecule has 0 saturated heterocycles. The van der Waals surface area contributed by atoms with Crippen molar-refractivity contribution in [2.75, 3.05) is 0 Å². The summed E-state index contributed by atoms with van der Waals surface area (Å²) in [4.78, 5) is 13.9. The third-order valence-electron chi connectivity index (χ3n) is 2.53. The summed E-state index contributed by atoms with van der Waals surface area (Å²) in [5.74, 6) is 0.0125. The predicted molar refractivity (Wildman–Crippen MR) is 82.7 cm³/mol. The molecule has 0 aliphatic rings. The molecule has 2 nitrogen and oxygen atoms in total. The van der Waals surface area contributed by atoms with Gasteiger partial charge in [0.25, 0.3) is 5.91 Å². The van der Waals surface area contributed by atoms with Gasteiger partial charge in [0.15, 0.2) is 0 Å². The standard InChI is InChI=1S/C14H15NOS.C2H6/c1-2-12-8-9-13(17-12)14(16)15-10-11-6-4-3-5-7-11;1-2/h3-9H,2,10H2,1H3,(H,15,16);1-2H3. The predicted octanol–water partition coefficient (Wildman–Crippen LogP) is 4.27. The molecule has 1 heterocycles. The van der Waals surface area contributed by atoms with E-state index in [2.05, 4.69) is 12.2 Å². The van der Waals surface area contributed by atoms with Crippen LogP contribution < -0.4 is 5.32 Å². The summed E-state index contributed by atoms with van der Waals surface area (Å²) in [6.07, 6.45) is 0.983. The molecule has 0 bridgehead atoms. The summed E-state index contributed by atoms with van der Waals surface area (Å²) in [7, 11) is 0. The zero-order chi connectivity index (χ0) is 14.1. The maximum absolute atomic E-state index is 11.8. The van der Waals surface area contributed by atoms with Crippen LogP contribution >= 0.6 is 11.3 Å². The number of carbonyl (C=O) groups is 1. The second-order valence-corrected chi connectivity index (χ2v) is 4.96. The summed E-state index contributed by atoms with van der Waals surface area (Å²) >= 11 is 1.56. The van der Waals surface area contributed by atoms with Crippen molar-refractivity contribution in [3.63, 3.8) is 0 Å². The van der Waals surface area contributed by atoms with Crippen molar-refractivity contribution in [1.29, 1.82) is 0 Å². The maximum atomic E-state index is 11.8. The van der Waals surface area contributed by atoms with Gasteiger partial charge >= 0.3 is 0 Å². The highest BCUT2D eigenvalue weighted by Gasteiger charge is 2.07. The van der Waals surface area contributed by atoms with E-state index < -0.39 is 0 Å². The fraction of sp³-hybridized carbons (Fsp3) is 0.312. The Balaban J connectivity index is 0.000000861. The van der Waals surface area contributed by atoms with Crippen molar-refractivity contribution in [1.82, 2.24) is 5.32 Å². The van der Waals surface area contributed by atoms with E-state index in [-0.39, 0.29) is 5.91 Å². The van der Waals surface area contributed by atoms with Gasteiger partial charge in [-0.3, -0.25) is 4.79 Å². The Hall–Kier alpha value is -1.61. The molecule has 0 unspecified atom stereocenters. The first-order valence-corrected chi connectivity index (χ1v) is 7.52. The van der Waals surface area contributed by atoms with Crippen LogP contribution in [0.15, 0.2) is 42.5 Å². The molecule has 0 atom stereocenters. The normalized spacial score (nSPS) is 9.42. The largest absolute Gasteiger partial charge is 0.347 e. The second kappa shape index (κ2) is 8.48. The van der Waals surface area contributed by atoms with Gasteiger partial charge in [0, 0.05) is 11.4 Å². The smallest absolute Gasteiger partial charge is 0.261 e. The molecule has 102 valence electrons. The van der Waals surface area contributed by atoms with E-state index in [0.29, 0.717) is 6.54 Å². The van der Waals surface area contributed by atoms with Gasteiger partial charge in [-0.1, -0.05) is 51.1 Å². The van der Waals surface area contributed by atoms with Crippen molar-refractivity contribution in [3.05, 3.63) is 57.8 Å². The van der Waals surface area contributed by atoms with Gasteiger partial charge in [0.1, 0.15) is 0 Å². The summed E-state index contributed by atoms with van der Waals surface area (Å²) in [5.41, 5.74) is 1.12. The minimum Gasteiger partial charge on any atom is -0.347 e. The molecule has 19 heavy (non-hydrogen) atoms. The van der Waals surface area contributed by atoms with E-state index in [9.17, 15) is 4.79 Å². The fourth-order valence-corrected chi connectivity index (χ4v) is 2.42. The van der Waals surface area contributed by atoms with E-state index in [1.807, 2.05) is 56.3 Å². The zero-order valence-corrected chi connectivity index (χ0v) is 12.6. The number of aryl methyl sites for hydroxylation is 1. The summed E-state index contributed by atoms with van der Waals surface area (Å²) in [5, 5.41) is 2.92. The second-order valence-electron chi connectivity index (χ2n) is 3.79. The Kier molecular flexibility index (Phi) is 6.90. The molecule has 2 aromatic rings. The molecule has 1 N–H and O–H groups in total. The van der Waals surface area contributed by atoms with Crippen LogP contribution in [-0.2, 0) is 13.0 Å². The zero-order valence-electron chi connectivity index (χ0n) is 11.8. The van der Waals surface area contributed by atoms with E-state index in [1.165, 1.54) is 4.88 Å². The van der Waals surface area contributed by atoms with E-state index in [4.69, 9.17) is 0 Å². The number of carbonyl (C=O) groups excluding carboxylic acids is 1. The minimum atomic E-state index is 0.0125.